The summed E-state index contributed by atoms with van der Waals surface area (Å²) in [5.74, 6) is -0.939. The van der Waals surface area contributed by atoms with Crippen molar-refractivity contribution in [3.05, 3.63) is 0 Å². The van der Waals surface area contributed by atoms with Crippen LogP contribution in [0.15, 0.2) is 0 Å². The van der Waals surface area contributed by atoms with E-state index >= 15 is 0 Å². The number of ether oxygens (including phenoxy) is 6. The van der Waals surface area contributed by atoms with Crippen molar-refractivity contribution < 1.29 is 73.8 Å². The fourth-order valence-electron chi connectivity index (χ4n) is 5.86. The molecule has 0 aromatic heterocycles. The zero-order valence-corrected chi connectivity index (χ0v) is 29.9. The van der Waals surface area contributed by atoms with Crippen molar-refractivity contribution in [3.63, 3.8) is 0 Å². The van der Waals surface area contributed by atoms with Gasteiger partial charge in [0.15, 0.2) is 18.7 Å². The second-order valence-corrected chi connectivity index (χ2v) is 13.4. The van der Waals surface area contributed by atoms with E-state index < -0.39 is 92.7 Å². The Labute approximate surface area is 296 Å². The highest BCUT2D eigenvalue weighted by molar-refractivity contribution is 5.70. The van der Waals surface area contributed by atoms with E-state index in [0.717, 1.165) is 57.8 Å². The first kappa shape index (κ1) is 44.7. The molecule has 11 atom stereocenters. The third-order valence-electron chi connectivity index (χ3n) is 9.09. The van der Waals surface area contributed by atoms with Crippen LogP contribution < -0.4 is 0 Å². The lowest BCUT2D eigenvalue weighted by molar-refractivity contribution is -0.332. The van der Waals surface area contributed by atoms with Crippen LogP contribution in [-0.2, 0) is 38.0 Å². The summed E-state index contributed by atoms with van der Waals surface area (Å²) in [5, 5.41) is 71.3. The van der Waals surface area contributed by atoms with Gasteiger partial charge in [-0.1, -0.05) is 90.9 Å². The van der Waals surface area contributed by atoms with Gasteiger partial charge in [0, 0.05) is 12.8 Å². The number of carbonyl (C=O) groups excluding carboxylic acids is 2. The van der Waals surface area contributed by atoms with Gasteiger partial charge in [-0.25, -0.2) is 0 Å². The standard InChI is InChI=1S/C35H64O15/c1-3-5-7-9-11-13-15-17-26(37)45-20-23(48-27(38)18-16-14-12-10-8-6-4-2)21-46-34-33(44)31(42)29(40)25(50-34)22-47-35-32(43)30(41)28(39)24(19-36)49-35/h23-25,28-36,39-44H,3-22H2,1-2H3/t23-,24-,25-,28+,29+,30?,31?,32?,33?,34-,35-/m1/s1. The van der Waals surface area contributed by atoms with Gasteiger partial charge in [-0.05, 0) is 12.8 Å². The van der Waals surface area contributed by atoms with Crippen LogP contribution in [0.2, 0.25) is 0 Å². The highest BCUT2D eigenvalue weighted by Crippen LogP contribution is 2.26. The van der Waals surface area contributed by atoms with E-state index in [4.69, 9.17) is 28.4 Å². The van der Waals surface area contributed by atoms with Crippen molar-refractivity contribution in [3.8, 4) is 0 Å². The molecule has 4 unspecified atom stereocenters. The van der Waals surface area contributed by atoms with E-state index in [1.165, 1.54) is 19.3 Å². The SMILES string of the molecule is CCCCCCCCCC(=O)OC[C@H](CO[C@@H]1O[C@H](CO[C@@H]2O[C@H](CO)[C@H](O)C(O)C2O)[C@H](O)C(O)C1O)OC(=O)CCCCCCCCC. The summed E-state index contributed by atoms with van der Waals surface area (Å²) < 4.78 is 33.1. The summed E-state index contributed by atoms with van der Waals surface area (Å²) in [4.78, 5) is 25.2. The first-order valence-electron chi connectivity index (χ1n) is 18.6. The Morgan fingerprint density at radius 3 is 1.56 bits per heavy atom. The quantitative estimate of drug-likeness (QED) is 0.0493. The molecule has 7 N–H and O–H groups in total. The fraction of sp³-hybridized carbons (Fsp3) is 0.943. The van der Waals surface area contributed by atoms with Gasteiger partial charge < -0.3 is 64.2 Å². The lowest BCUT2D eigenvalue weighted by Gasteiger charge is -2.42. The molecule has 2 rings (SSSR count). The highest BCUT2D eigenvalue weighted by atomic mass is 16.7. The third kappa shape index (κ3) is 16.0. The average Bonchev–Trinajstić information content (AvgIpc) is 3.10. The monoisotopic (exact) mass is 724 g/mol. The Hall–Kier alpha value is -1.50. The summed E-state index contributed by atoms with van der Waals surface area (Å²) in [7, 11) is 0. The molecular formula is C35H64O15. The number of carbonyl (C=O) groups is 2. The number of unbranched alkanes of at least 4 members (excludes halogenated alkanes) is 12. The molecule has 0 saturated carbocycles. The molecule has 294 valence electrons. The number of hydrogen-bond donors (Lipinski definition) is 7. The van der Waals surface area contributed by atoms with Crippen LogP contribution in [-0.4, -0.2) is 142 Å². The Kier molecular flexibility index (Phi) is 22.8. The van der Waals surface area contributed by atoms with E-state index in [-0.39, 0.29) is 26.1 Å². The van der Waals surface area contributed by atoms with Crippen molar-refractivity contribution in [1.82, 2.24) is 0 Å². The van der Waals surface area contributed by atoms with Crippen molar-refractivity contribution >= 4 is 11.9 Å². The average molecular weight is 725 g/mol. The van der Waals surface area contributed by atoms with Gasteiger partial charge >= 0.3 is 11.9 Å². The maximum Gasteiger partial charge on any atom is 0.306 e. The van der Waals surface area contributed by atoms with Gasteiger partial charge in [0.25, 0.3) is 0 Å². The van der Waals surface area contributed by atoms with Crippen LogP contribution in [0.4, 0.5) is 0 Å². The third-order valence-corrected chi connectivity index (χ3v) is 9.09. The summed E-state index contributed by atoms with van der Waals surface area (Å²) in [6.45, 7) is 2.43. The van der Waals surface area contributed by atoms with Crippen LogP contribution >= 0.6 is 0 Å². The second-order valence-electron chi connectivity index (χ2n) is 13.4. The molecule has 15 nitrogen and oxygen atoms in total. The zero-order chi connectivity index (χ0) is 36.9. The minimum absolute atomic E-state index is 0.168. The Morgan fingerprint density at radius 2 is 1.02 bits per heavy atom. The molecule has 15 heteroatoms. The molecule has 2 heterocycles. The van der Waals surface area contributed by atoms with Gasteiger partial charge in [-0.2, -0.15) is 0 Å². The fourth-order valence-corrected chi connectivity index (χ4v) is 5.86. The Bertz CT molecular complexity index is 907. The molecular weight excluding hydrogens is 660 g/mol. The van der Waals surface area contributed by atoms with Gasteiger partial charge in [0.1, 0.15) is 55.4 Å². The van der Waals surface area contributed by atoms with Crippen molar-refractivity contribution in [2.75, 3.05) is 26.4 Å². The summed E-state index contributed by atoms with van der Waals surface area (Å²) in [6, 6.07) is 0. The molecule has 0 radical (unpaired) electrons. The predicted molar refractivity (Wildman–Crippen MR) is 178 cm³/mol. The first-order chi connectivity index (χ1) is 24.0. The van der Waals surface area contributed by atoms with E-state index in [1.54, 1.807) is 0 Å². The van der Waals surface area contributed by atoms with Crippen molar-refractivity contribution in [1.29, 1.82) is 0 Å². The summed E-state index contributed by atoms with van der Waals surface area (Å²) in [5.41, 5.74) is 0. The van der Waals surface area contributed by atoms with Crippen molar-refractivity contribution in [2.45, 2.75) is 184 Å². The molecule has 2 fully saturated rings. The molecule has 0 amide bonds. The Morgan fingerprint density at radius 1 is 0.560 bits per heavy atom. The molecule has 0 aromatic carbocycles. The number of aliphatic hydroxyl groups excluding tert-OH is 7. The van der Waals surface area contributed by atoms with Crippen LogP contribution in [0.25, 0.3) is 0 Å². The predicted octanol–water partition coefficient (Wildman–Crippen LogP) is 1.36. The zero-order valence-electron chi connectivity index (χ0n) is 29.9. The molecule has 2 aliphatic rings. The van der Waals surface area contributed by atoms with Crippen molar-refractivity contribution in [2.24, 2.45) is 0 Å². The van der Waals surface area contributed by atoms with E-state index in [2.05, 4.69) is 13.8 Å². The molecule has 0 spiro atoms. The maximum absolute atomic E-state index is 12.7. The van der Waals surface area contributed by atoms with Gasteiger partial charge in [0.05, 0.1) is 19.8 Å². The highest BCUT2D eigenvalue weighted by Gasteiger charge is 2.47. The van der Waals surface area contributed by atoms with Gasteiger partial charge in [-0.3, -0.25) is 9.59 Å². The largest absolute Gasteiger partial charge is 0.462 e. The lowest BCUT2D eigenvalue weighted by atomic mass is 9.98. The van der Waals surface area contributed by atoms with Gasteiger partial charge in [-0.15, -0.1) is 0 Å². The van der Waals surface area contributed by atoms with E-state index in [0.29, 0.717) is 12.8 Å². The maximum atomic E-state index is 12.7. The minimum atomic E-state index is -1.75. The van der Waals surface area contributed by atoms with Gasteiger partial charge in [0.2, 0.25) is 0 Å². The molecule has 0 aromatic rings. The van der Waals surface area contributed by atoms with E-state index in [1.807, 2.05) is 0 Å². The minimum Gasteiger partial charge on any atom is -0.462 e. The molecule has 0 aliphatic carbocycles. The van der Waals surface area contributed by atoms with Crippen LogP contribution in [0, 0.1) is 0 Å². The summed E-state index contributed by atoms with van der Waals surface area (Å²) >= 11 is 0. The Balaban J connectivity index is 1.94. The first-order valence-corrected chi connectivity index (χ1v) is 18.6. The van der Waals surface area contributed by atoms with Crippen LogP contribution in [0.5, 0.6) is 0 Å². The molecule has 2 aliphatic heterocycles. The molecule has 2 saturated heterocycles. The summed E-state index contributed by atoms with van der Waals surface area (Å²) in [6.07, 6.45) is -2.01. The lowest BCUT2D eigenvalue weighted by Crippen LogP contribution is -2.61. The topological polar surface area (TPSA) is 231 Å². The number of hydrogen-bond acceptors (Lipinski definition) is 15. The normalized spacial score (nSPS) is 30.6. The van der Waals surface area contributed by atoms with E-state index in [9.17, 15) is 45.3 Å². The molecule has 0 bridgehead atoms. The number of aliphatic hydroxyl groups is 7. The van der Waals surface area contributed by atoms with Crippen LogP contribution in [0.1, 0.15) is 117 Å². The number of rotatable bonds is 26. The number of esters is 2. The van der Waals surface area contributed by atoms with Crippen LogP contribution in [0.3, 0.4) is 0 Å². The smallest absolute Gasteiger partial charge is 0.306 e. The second kappa shape index (κ2) is 25.5. The molecule has 50 heavy (non-hydrogen) atoms.